The Morgan fingerprint density at radius 2 is 1.82 bits per heavy atom. The lowest BCUT2D eigenvalue weighted by Crippen LogP contribution is -2.37. The summed E-state index contributed by atoms with van der Waals surface area (Å²) in [7, 11) is 3.19. The molecule has 2 heterocycles. The van der Waals surface area contributed by atoms with Gasteiger partial charge in [-0.2, -0.15) is 4.98 Å². The fourth-order valence-electron chi connectivity index (χ4n) is 4.02. The molecule has 0 aliphatic carbocycles. The van der Waals surface area contributed by atoms with Gasteiger partial charge in [-0.1, -0.05) is 11.2 Å². The fourth-order valence-corrected chi connectivity index (χ4v) is 4.02. The van der Waals surface area contributed by atoms with E-state index in [1.165, 1.54) is 11.1 Å². The molecule has 0 bridgehead atoms. The van der Waals surface area contributed by atoms with E-state index < -0.39 is 0 Å². The second-order valence-corrected chi connectivity index (χ2v) is 8.42. The molecule has 1 aromatic heterocycles. The average molecular weight is 451 g/mol. The SMILES string of the molecule is COc1ccc(-c2noc(CN3CCC(C(=O)Nc4ccc(C)c(C)c4)CC3)n2)cc1OC. The zero-order valence-corrected chi connectivity index (χ0v) is 19.6. The Bertz CT molecular complexity index is 1120. The number of likely N-dealkylation sites (tertiary alicyclic amines) is 1. The molecular formula is C25H30N4O4. The van der Waals surface area contributed by atoms with Crippen LogP contribution in [0, 0.1) is 19.8 Å². The van der Waals surface area contributed by atoms with Crippen molar-refractivity contribution < 1.29 is 18.8 Å². The molecule has 0 radical (unpaired) electrons. The van der Waals surface area contributed by atoms with Gasteiger partial charge in [0.25, 0.3) is 0 Å². The molecule has 1 aliphatic rings. The number of nitrogens with zero attached hydrogens (tertiary/aromatic N) is 3. The first-order valence-electron chi connectivity index (χ1n) is 11.1. The van der Waals surface area contributed by atoms with Gasteiger partial charge in [-0.15, -0.1) is 0 Å². The molecule has 0 spiro atoms. The third kappa shape index (κ3) is 5.34. The molecule has 1 saturated heterocycles. The highest BCUT2D eigenvalue weighted by Gasteiger charge is 2.26. The van der Waals surface area contributed by atoms with Gasteiger partial charge in [-0.05, 0) is 81.2 Å². The molecule has 174 valence electrons. The number of nitrogens with one attached hydrogen (secondary N) is 1. The van der Waals surface area contributed by atoms with Gasteiger partial charge >= 0.3 is 0 Å². The van der Waals surface area contributed by atoms with Gasteiger partial charge in [0.15, 0.2) is 11.5 Å². The van der Waals surface area contributed by atoms with E-state index in [2.05, 4.69) is 34.2 Å². The standard InChI is InChI=1S/C25H30N4O4/c1-16-5-7-20(13-17(16)2)26-25(30)18-9-11-29(12-10-18)15-23-27-24(28-33-23)19-6-8-21(31-3)22(14-19)32-4/h5-8,13-14,18H,9-12,15H2,1-4H3,(H,26,30). The van der Waals surface area contributed by atoms with E-state index in [-0.39, 0.29) is 11.8 Å². The lowest BCUT2D eigenvalue weighted by molar-refractivity contribution is -0.121. The van der Waals surface area contributed by atoms with Gasteiger partial charge in [0.1, 0.15) is 0 Å². The highest BCUT2D eigenvalue weighted by atomic mass is 16.5. The largest absolute Gasteiger partial charge is 0.493 e. The number of methoxy groups -OCH3 is 2. The maximum absolute atomic E-state index is 12.7. The predicted octanol–water partition coefficient (Wildman–Crippen LogP) is 4.22. The number of hydrogen-bond acceptors (Lipinski definition) is 7. The number of carbonyl (C=O) groups excluding carboxylic acids is 1. The van der Waals surface area contributed by atoms with Crippen molar-refractivity contribution in [1.82, 2.24) is 15.0 Å². The van der Waals surface area contributed by atoms with E-state index in [1.807, 2.05) is 36.4 Å². The molecule has 33 heavy (non-hydrogen) atoms. The molecular weight excluding hydrogens is 420 g/mol. The maximum Gasteiger partial charge on any atom is 0.241 e. The monoisotopic (exact) mass is 450 g/mol. The van der Waals surface area contributed by atoms with Crippen molar-refractivity contribution in [1.29, 1.82) is 0 Å². The third-order valence-electron chi connectivity index (χ3n) is 6.20. The minimum absolute atomic E-state index is 0.00729. The van der Waals surface area contributed by atoms with Crippen LogP contribution in [-0.4, -0.2) is 48.3 Å². The number of aromatic nitrogens is 2. The van der Waals surface area contributed by atoms with Gasteiger partial charge in [0.2, 0.25) is 17.6 Å². The molecule has 1 amide bonds. The zero-order chi connectivity index (χ0) is 23.4. The minimum Gasteiger partial charge on any atom is -0.493 e. The molecule has 0 atom stereocenters. The van der Waals surface area contributed by atoms with Crippen LogP contribution in [0.25, 0.3) is 11.4 Å². The quantitative estimate of drug-likeness (QED) is 0.576. The highest BCUT2D eigenvalue weighted by molar-refractivity contribution is 5.92. The number of anilines is 1. The lowest BCUT2D eigenvalue weighted by Gasteiger charge is -2.30. The van der Waals surface area contributed by atoms with E-state index in [0.717, 1.165) is 37.2 Å². The topological polar surface area (TPSA) is 89.7 Å². The fraction of sp³-hybridized carbons (Fsp3) is 0.400. The van der Waals surface area contributed by atoms with Crippen LogP contribution in [0.4, 0.5) is 5.69 Å². The van der Waals surface area contributed by atoms with Crippen LogP contribution in [-0.2, 0) is 11.3 Å². The number of amides is 1. The molecule has 1 aliphatic heterocycles. The van der Waals surface area contributed by atoms with E-state index in [0.29, 0.717) is 29.8 Å². The van der Waals surface area contributed by atoms with E-state index >= 15 is 0 Å². The van der Waals surface area contributed by atoms with Gasteiger partial charge < -0.3 is 19.3 Å². The number of aryl methyl sites for hydroxylation is 2. The molecule has 3 aromatic rings. The first-order chi connectivity index (χ1) is 16.0. The normalized spacial score (nSPS) is 14.8. The van der Waals surface area contributed by atoms with Gasteiger partial charge in [-0.3, -0.25) is 9.69 Å². The van der Waals surface area contributed by atoms with Crippen LogP contribution in [0.15, 0.2) is 40.9 Å². The van der Waals surface area contributed by atoms with Crippen LogP contribution in [0.2, 0.25) is 0 Å². The average Bonchev–Trinajstić information content (AvgIpc) is 3.30. The molecule has 1 fully saturated rings. The highest BCUT2D eigenvalue weighted by Crippen LogP contribution is 2.31. The third-order valence-corrected chi connectivity index (χ3v) is 6.20. The Hall–Kier alpha value is -3.39. The summed E-state index contributed by atoms with van der Waals surface area (Å²) in [5.74, 6) is 2.42. The summed E-state index contributed by atoms with van der Waals surface area (Å²) in [5, 5.41) is 7.18. The summed E-state index contributed by atoms with van der Waals surface area (Å²) in [6.07, 6.45) is 1.60. The van der Waals surface area contributed by atoms with Crippen LogP contribution in [0.1, 0.15) is 29.9 Å². The minimum atomic E-state index is 0.00729. The van der Waals surface area contributed by atoms with E-state index in [9.17, 15) is 4.79 Å². The van der Waals surface area contributed by atoms with Gasteiger partial charge in [0, 0.05) is 17.2 Å². The van der Waals surface area contributed by atoms with Crippen molar-refractivity contribution in [3.63, 3.8) is 0 Å². The number of rotatable bonds is 7. The summed E-state index contributed by atoms with van der Waals surface area (Å²) in [4.78, 5) is 19.5. The van der Waals surface area contributed by atoms with Gasteiger partial charge in [-0.25, -0.2) is 0 Å². The van der Waals surface area contributed by atoms with Crippen LogP contribution >= 0.6 is 0 Å². The van der Waals surface area contributed by atoms with Crippen molar-refractivity contribution in [2.24, 2.45) is 5.92 Å². The Labute approximate surface area is 193 Å². The number of piperidine rings is 1. The van der Waals surface area contributed by atoms with Gasteiger partial charge in [0.05, 0.1) is 20.8 Å². The predicted molar refractivity (Wildman–Crippen MR) is 125 cm³/mol. The van der Waals surface area contributed by atoms with Crippen LogP contribution in [0.3, 0.4) is 0 Å². The molecule has 0 unspecified atom stereocenters. The first kappa shape index (κ1) is 22.8. The second-order valence-electron chi connectivity index (χ2n) is 8.42. The number of hydrogen-bond donors (Lipinski definition) is 1. The molecule has 0 saturated carbocycles. The van der Waals surface area contributed by atoms with E-state index in [1.54, 1.807) is 14.2 Å². The molecule has 1 N–H and O–H groups in total. The smallest absolute Gasteiger partial charge is 0.241 e. The summed E-state index contributed by atoms with van der Waals surface area (Å²) >= 11 is 0. The Morgan fingerprint density at radius 1 is 1.06 bits per heavy atom. The Morgan fingerprint density at radius 3 is 2.52 bits per heavy atom. The summed E-state index contributed by atoms with van der Waals surface area (Å²) in [5.41, 5.74) is 4.05. The zero-order valence-electron chi connectivity index (χ0n) is 19.6. The van der Waals surface area contributed by atoms with Crippen molar-refractivity contribution >= 4 is 11.6 Å². The number of carbonyl (C=O) groups is 1. The second kappa shape index (κ2) is 10.0. The molecule has 4 rings (SSSR count). The summed E-state index contributed by atoms with van der Waals surface area (Å²) < 4.78 is 16.1. The van der Waals surface area contributed by atoms with Crippen molar-refractivity contribution in [3.05, 3.63) is 53.4 Å². The molecule has 8 heteroatoms. The Balaban J connectivity index is 1.31. The Kier molecular flexibility index (Phi) is 6.93. The number of benzene rings is 2. The van der Waals surface area contributed by atoms with Crippen molar-refractivity contribution in [2.45, 2.75) is 33.2 Å². The maximum atomic E-state index is 12.7. The van der Waals surface area contributed by atoms with Crippen LogP contribution in [0.5, 0.6) is 11.5 Å². The lowest BCUT2D eigenvalue weighted by atomic mass is 9.95. The summed E-state index contributed by atoms with van der Waals surface area (Å²) in [6.45, 7) is 6.29. The first-order valence-corrected chi connectivity index (χ1v) is 11.1. The molecule has 2 aromatic carbocycles. The summed E-state index contributed by atoms with van der Waals surface area (Å²) in [6, 6.07) is 11.5. The number of ether oxygens (including phenoxy) is 2. The van der Waals surface area contributed by atoms with Crippen molar-refractivity contribution in [2.75, 3.05) is 32.6 Å². The van der Waals surface area contributed by atoms with Crippen molar-refractivity contribution in [3.8, 4) is 22.9 Å². The van der Waals surface area contributed by atoms with Crippen LogP contribution < -0.4 is 14.8 Å². The van der Waals surface area contributed by atoms with E-state index in [4.69, 9.17) is 14.0 Å². The molecule has 8 nitrogen and oxygen atoms in total.